The lowest BCUT2D eigenvalue weighted by Gasteiger charge is -2.35. The van der Waals surface area contributed by atoms with Gasteiger partial charge >= 0.3 is 0 Å². The van der Waals surface area contributed by atoms with Gasteiger partial charge in [-0.05, 0) is 57.9 Å². The number of thiophene rings is 1. The summed E-state index contributed by atoms with van der Waals surface area (Å²) in [5.41, 5.74) is 0.771. The van der Waals surface area contributed by atoms with E-state index in [2.05, 4.69) is 14.9 Å². The van der Waals surface area contributed by atoms with Gasteiger partial charge < -0.3 is 10.0 Å². The van der Waals surface area contributed by atoms with Crippen LogP contribution in [0.2, 0.25) is 0 Å². The molecule has 0 saturated carbocycles. The zero-order chi connectivity index (χ0) is 15.3. The van der Waals surface area contributed by atoms with Gasteiger partial charge in [-0.25, -0.2) is 9.97 Å². The van der Waals surface area contributed by atoms with Crippen molar-refractivity contribution in [2.24, 2.45) is 0 Å². The molecule has 5 heteroatoms. The van der Waals surface area contributed by atoms with Crippen LogP contribution in [0, 0.1) is 0 Å². The lowest BCUT2D eigenvalue weighted by atomic mass is 9.95. The van der Waals surface area contributed by atoms with Crippen molar-refractivity contribution < 1.29 is 5.11 Å². The van der Waals surface area contributed by atoms with Crippen molar-refractivity contribution in [3.63, 3.8) is 0 Å². The third-order valence-corrected chi connectivity index (χ3v) is 6.27. The zero-order valence-corrected chi connectivity index (χ0v) is 14.1. The van der Waals surface area contributed by atoms with E-state index in [-0.39, 0.29) is 6.04 Å². The average Bonchev–Trinajstić information content (AvgIpc) is 3.11. The maximum absolute atomic E-state index is 10.5. The van der Waals surface area contributed by atoms with E-state index in [0.29, 0.717) is 0 Å². The number of aromatic nitrogens is 2. The van der Waals surface area contributed by atoms with E-state index in [1.165, 1.54) is 35.1 Å². The molecule has 1 fully saturated rings. The Balaban J connectivity index is 1.86. The first-order valence-electron chi connectivity index (χ1n) is 8.30. The summed E-state index contributed by atoms with van der Waals surface area (Å²) in [6.07, 6.45) is 8.73. The van der Waals surface area contributed by atoms with Gasteiger partial charge in [0, 0.05) is 11.4 Å². The monoisotopic (exact) mass is 317 g/mol. The molecule has 0 spiro atoms. The molecule has 2 aromatic rings. The Morgan fingerprint density at radius 3 is 2.86 bits per heavy atom. The van der Waals surface area contributed by atoms with Gasteiger partial charge in [-0.2, -0.15) is 0 Å². The van der Waals surface area contributed by atoms with Crippen molar-refractivity contribution in [2.75, 3.05) is 11.4 Å². The summed E-state index contributed by atoms with van der Waals surface area (Å²) in [5.74, 6) is 1.05. The Morgan fingerprint density at radius 1 is 1.23 bits per heavy atom. The highest BCUT2D eigenvalue weighted by Crippen LogP contribution is 2.41. The number of nitrogens with zero attached hydrogens (tertiary/aromatic N) is 3. The summed E-state index contributed by atoms with van der Waals surface area (Å²) in [6, 6.07) is 0.143. The largest absolute Gasteiger partial charge is 0.388 e. The number of rotatable bonds is 2. The van der Waals surface area contributed by atoms with Crippen LogP contribution in [0.1, 0.15) is 50.0 Å². The molecule has 4 rings (SSSR count). The number of fused-ring (bicyclic) bond motifs is 3. The predicted octanol–water partition coefficient (Wildman–Crippen LogP) is 3.31. The van der Waals surface area contributed by atoms with Gasteiger partial charge in [-0.1, -0.05) is 0 Å². The fourth-order valence-corrected chi connectivity index (χ4v) is 5.27. The minimum absolute atomic E-state index is 0.143. The van der Waals surface area contributed by atoms with Crippen molar-refractivity contribution in [2.45, 2.75) is 64.0 Å². The second kappa shape index (κ2) is 5.17. The molecule has 22 heavy (non-hydrogen) atoms. The number of aryl methyl sites for hydroxylation is 2. The molecule has 0 radical (unpaired) electrons. The van der Waals surface area contributed by atoms with Crippen molar-refractivity contribution in [3.05, 3.63) is 16.8 Å². The quantitative estimate of drug-likeness (QED) is 0.923. The molecule has 1 aliphatic heterocycles. The van der Waals surface area contributed by atoms with Crippen molar-refractivity contribution in [1.82, 2.24) is 9.97 Å². The fraction of sp³-hybridized carbons (Fsp3) is 0.647. The number of hydrogen-bond donors (Lipinski definition) is 1. The molecular weight excluding hydrogens is 294 g/mol. The molecule has 4 nitrogen and oxygen atoms in total. The molecule has 0 aromatic carbocycles. The van der Waals surface area contributed by atoms with E-state index >= 15 is 0 Å². The highest BCUT2D eigenvalue weighted by molar-refractivity contribution is 7.19. The molecule has 1 aliphatic carbocycles. The Bertz CT molecular complexity index is 704. The second-order valence-corrected chi connectivity index (χ2v) is 8.18. The summed E-state index contributed by atoms with van der Waals surface area (Å²) >= 11 is 1.84. The van der Waals surface area contributed by atoms with Crippen LogP contribution in [0.3, 0.4) is 0 Å². The smallest absolute Gasteiger partial charge is 0.141 e. The van der Waals surface area contributed by atoms with Crippen LogP contribution in [0.25, 0.3) is 10.2 Å². The molecule has 118 valence electrons. The molecule has 1 atom stereocenters. The molecule has 1 saturated heterocycles. The normalized spacial score (nSPS) is 22.3. The fourth-order valence-electron chi connectivity index (χ4n) is 4.05. The van der Waals surface area contributed by atoms with Crippen molar-refractivity contribution >= 4 is 27.4 Å². The molecule has 0 bridgehead atoms. The van der Waals surface area contributed by atoms with Gasteiger partial charge in [0.25, 0.3) is 0 Å². The minimum atomic E-state index is -0.705. The minimum Gasteiger partial charge on any atom is -0.388 e. The van der Waals surface area contributed by atoms with E-state index < -0.39 is 5.60 Å². The van der Waals surface area contributed by atoms with Gasteiger partial charge in [-0.15, -0.1) is 11.3 Å². The van der Waals surface area contributed by atoms with E-state index in [1.54, 1.807) is 6.33 Å². The highest BCUT2D eigenvalue weighted by Gasteiger charge is 2.38. The lowest BCUT2D eigenvalue weighted by molar-refractivity contribution is 0.0533. The summed E-state index contributed by atoms with van der Waals surface area (Å²) in [5, 5.41) is 11.8. The van der Waals surface area contributed by atoms with Crippen LogP contribution in [0.5, 0.6) is 0 Å². The first-order valence-corrected chi connectivity index (χ1v) is 9.11. The van der Waals surface area contributed by atoms with E-state index in [1.807, 2.05) is 25.2 Å². The van der Waals surface area contributed by atoms with Gasteiger partial charge in [0.1, 0.15) is 17.0 Å². The standard InChI is InChI=1S/C17H23N3OS/c1-17(2,21)13-8-5-9-20(13)15-14-11-6-3-4-7-12(11)22-16(14)19-10-18-15/h10,13,21H,3-9H2,1-2H3/t13-/m0/s1. The predicted molar refractivity (Wildman–Crippen MR) is 90.7 cm³/mol. The maximum atomic E-state index is 10.5. The Hall–Kier alpha value is -1.20. The molecular formula is C17H23N3OS. The first kappa shape index (κ1) is 14.4. The summed E-state index contributed by atoms with van der Waals surface area (Å²) < 4.78 is 0. The van der Waals surface area contributed by atoms with E-state index in [9.17, 15) is 5.11 Å². The molecule has 0 amide bonds. The third kappa shape index (κ3) is 2.22. The Kier molecular flexibility index (Phi) is 3.38. The average molecular weight is 317 g/mol. The Labute approximate surface area is 135 Å². The highest BCUT2D eigenvalue weighted by atomic mass is 32.1. The zero-order valence-electron chi connectivity index (χ0n) is 13.3. The van der Waals surface area contributed by atoms with Gasteiger partial charge in [0.15, 0.2) is 0 Å². The summed E-state index contributed by atoms with van der Waals surface area (Å²) in [6.45, 7) is 4.81. The van der Waals surface area contributed by atoms with Gasteiger partial charge in [0.2, 0.25) is 0 Å². The topological polar surface area (TPSA) is 49.2 Å². The van der Waals surface area contributed by atoms with Crippen molar-refractivity contribution in [1.29, 1.82) is 0 Å². The van der Waals surface area contributed by atoms with E-state index in [0.717, 1.165) is 36.5 Å². The Morgan fingerprint density at radius 2 is 2.05 bits per heavy atom. The summed E-state index contributed by atoms with van der Waals surface area (Å²) in [7, 11) is 0. The maximum Gasteiger partial charge on any atom is 0.141 e. The number of anilines is 1. The van der Waals surface area contributed by atoms with Gasteiger partial charge in [-0.3, -0.25) is 0 Å². The van der Waals surface area contributed by atoms with Crippen LogP contribution < -0.4 is 4.90 Å². The molecule has 0 unspecified atom stereocenters. The van der Waals surface area contributed by atoms with Crippen LogP contribution in [0.4, 0.5) is 5.82 Å². The molecule has 3 heterocycles. The van der Waals surface area contributed by atoms with Gasteiger partial charge in [0.05, 0.1) is 17.0 Å². The molecule has 2 aromatic heterocycles. The van der Waals surface area contributed by atoms with E-state index in [4.69, 9.17) is 0 Å². The molecule has 1 N–H and O–H groups in total. The van der Waals surface area contributed by atoms with Crippen LogP contribution in [0.15, 0.2) is 6.33 Å². The molecule has 2 aliphatic rings. The first-order chi connectivity index (χ1) is 10.6. The second-order valence-electron chi connectivity index (χ2n) is 7.09. The van der Waals surface area contributed by atoms with Crippen LogP contribution >= 0.6 is 11.3 Å². The number of aliphatic hydroxyl groups is 1. The van der Waals surface area contributed by atoms with Crippen LogP contribution in [-0.2, 0) is 12.8 Å². The van der Waals surface area contributed by atoms with Crippen LogP contribution in [-0.4, -0.2) is 33.3 Å². The lowest BCUT2D eigenvalue weighted by Crippen LogP contribution is -2.46. The number of hydrogen-bond acceptors (Lipinski definition) is 5. The SMILES string of the molecule is CC(C)(O)[C@@H]1CCCN1c1ncnc2sc3c(c12)CCCC3. The van der Waals surface area contributed by atoms with Crippen molar-refractivity contribution in [3.8, 4) is 0 Å². The third-order valence-electron chi connectivity index (χ3n) is 5.07. The summed E-state index contributed by atoms with van der Waals surface area (Å²) in [4.78, 5) is 14.1.